The molecule has 0 spiro atoms. The number of aromatic nitrogens is 4. The summed E-state index contributed by atoms with van der Waals surface area (Å²) in [6.45, 7) is 1.64. The number of rotatable bonds is 2. The number of piperidine rings is 1. The van der Waals surface area contributed by atoms with Gasteiger partial charge in [-0.1, -0.05) is 6.07 Å². The highest BCUT2D eigenvalue weighted by Gasteiger charge is 2.38. The molecule has 1 fully saturated rings. The van der Waals surface area contributed by atoms with Crippen LogP contribution in [0.4, 0.5) is 5.69 Å². The van der Waals surface area contributed by atoms with Crippen LogP contribution in [0.2, 0.25) is 0 Å². The molecule has 4 heterocycles. The lowest BCUT2D eigenvalue weighted by Crippen LogP contribution is -2.42. The Hall–Kier alpha value is -2.94. The summed E-state index contributed by atoms with van der Waals surface area (Å²) in [7, 11) is 1.90. The fourth-order valence-corrected chi connectivity index (χ4v) is 3.51. The third kappa shape index (κ3) is 2.21. The van der Waals surface area contributed by atoms with E-state index in [-0.39, 0.29) is 0 Å². The first-order chi connectivity index (χ1) is 11.7. The number of nitrogens with zero attached hydrogens (tertiary/aromatic N) is 6. The van der Waals surface area contributed by atoms with Crippen molar-refractivity contribution in [1.29, 1.82) is 5.26 Å². The molecule has 1 aliphatic heterocycles. The number of fused-ring (bicyclic) bond motifs is 1. The number of pyridine rings is 2. The molecule has 1 saturated heterocycles. The minimum Gasteiger partial charge on any atom is -0.371 e. The SMILES string of the molecule is Cn1ncc2c(N3CCC(C#N)(c4ccccn4)CC3)ccnc21. The van der Waals surface area contributed by atoms with Crippen molar-refractivity contribution in [3.8, 4) is 6.07 Å². The van der Waals surface area contributed by atoms with E-state index in [1.165, 1.54) is 0 Å². The lowest BCUT2D eigenvalue weighted by Gasteiger charge is -2.38. The maximum absolute atomic E-state index is 9.80. The maximum atomic E-state index is 9.80. The Morgan fingerprint density at radius 3 is 2.67 bits per heavy atom. The molecule has 0 unspecified atom stereocenters. The van der Waals surface area contributed by atoms with E-state index in [2.05, 4.69) is 26.0 Å². The summed E-state index contributed by atoms with van der Waals surface area (Å²) in [5.41, 5.74) is 2.42. The van der Waals surface area contributed by atoms with E-state index >= 15 is 0 Å². The van der Waals surface area contributed by atoms with E-state index in [1.807, 2.05) is 43.7 Å². The second-order valence-electron chi connectivity index (χ2n) is 6.23. The molecular weight excluding hydrogens is 300 g/mol. The zero-order valence-electron chi connectivity index (χ0n) is 13.6. The normalized spacial score (nSPS) is 16.9. The summed E-state index contributed by atoms with van der Waals surface area (Å²) < 4.78 is 1.79. The zero-order valence-corrected chi connectivity index (χ0v) is 13.6. The molecule has 6 nitrogen and oxygen atoms in total. The van der Waals surface area contributed by atoms with Gasteiger partial charge in [0.2, 0.25) is 0 Å². The fourth-order valence-electron chi connectivity index (χ4n) is 3.51. The summed E-state index contributed by atoms with van der Waals surface area (Å²) in [4.78, 5) is 11.2. The average Bonchev–Trinajstić information content (AvgIpc) is 3.04. The summed E-state index contributed by atoms with van der Waals surface area (Å²) in [5, 5.41) is 15.2. The molecule has 24 heavy (non-hydrogen) atoms. The molecule has 0 aliphatic carbocycles. The Balaban J connectivity index is 1.63. The standard InChI is InChI=1S/C18H18N6/c1-23-17-14(12-22-23)15(5-9-21-17)24-10-6-18(13-19,7-11-24)16-4-2-3-8-20-16/h2-5,8-9,12H,6-7,10-11H2,1H3. The molecule has 3 aromatic heterocycles. The molecule has 4 rings (SSSR count). The van der Waals surface area contributed by atoms with Crippen molar-refractivity contribution in [3.63, 3.8) is 0 Å². The third-order valence-electron chi connectivity index (χ3n) is 4.94. The molecule has 6 heteroatoms. The first kappa shape index (κ1) is 14.6. The smallest absolute Gasteiger partial charge is 0.159 e. The van der Waals surface area contributed by atoms with E-state index in [0.29, 0.717) is 0 Å². The minimum atomic E-state index is -0.487. The van der Waals surface area contributed by atoms with Crippen LogP contribution in [0.5, 0.6) is 0 Å². The van der Waals surface area contributed by atoms with Gasteiger partial charge in [0, 0.05) is 32.5 Å². The molecule has 120 valence electrons. The van der Waals surface area contributed by atoms with E-state index in [4.69, 9.17) is 0 Å². The summed E-state index contributed by atoms with van der Waals surface area (Å²) in [5.74, 6) is 0. The highest BCUT2D eigenvalue weighted by Crippen LogP contribution is 2.36. The van der Waals surface area contributed by atoms with Crippen LogP contribution in [0.25, 0.3) is 11.0 Å². The topological polar surface area (TPSA) is 70.6 Å². The van der Waals surface area contributed by atoms with E-state index in [9.17, 15) is 5.26 Å². The predicted octanol–water partition coefficient (Wildman–Crippen LogP) is 2.43. The van der Waals surface area contributed by atoms with Crippen LogP contribution in [0.15, 0.2) is 42.9 Å². The summed E-state index contributed by atoms with van der Waals surface area (Å²) in [6, 6.07) is 10.4. The minimum absolute atomic E-state index is 0.487. The van der Waals surface area contributed by atoms with Gasteiger partial charge in [-0.15, -0.1) is 0 Å². The molecule has 1 aliphatic rings. The Bertz CT molecular complexity index is 900. The van der Waals surface area contributed by atoms with Crippen molar-refractivity contribution in [2.75, 3.05) is 18.0 Å². The Labute approximate surface area is 140 Å². The van der Waals surface area contributed by atoms with Crippen molar-refractivity contribution < 1.29 is 0 Å². The molecular formula is C18H18N6. The average molecular weight is 318 g/mol. The Morgan fingerprint density at radius 1 is 1.12 bits per heavy atom. The van der Waals surface area contributed by atoms with Crippen molar-refractivity contribution in [2.24, 2.45) is 7.05 Å². The van der Waals surface area contributed by atoms with Gasteiger partial charge < -0.3 is 4.90 Å². The fraction of sp³-hybridized carbons (Fsp3) is 0.333. The van der Waals surface area contributed by atoms with Crippen LogP contribution in [-0.4, -0.2) is 32.8 Å². The van der Waals surface area contributed by atoms with Gasteiger partial charge in [0.25, 0.3) is 0 Å². The van der Waals surface area contributed by atoms with Crippen LogP contribution < -0.4 is 4.90 Å². The monoisotopic (exact) mass is 318 g/mol. The van der Waals surface area contributed by atoms with Gasteiger partial charge in [-0.3, -0.25) is 9.67 Å². The number of nitriles is 1. The van der Waals surface area contributed by atoms with Gasteiger partial charge in [0.15, 0.2) is 5.65 Å². The maximum Gasteiger partial charge on any atom is 0.159 e. The number of aryl methyl sites for hydroxylation is 1. The molecule has 0 atom stereocenters. The number of hydrogen-bond donors (Lipinski definition) is 0. The second-order valence-corrected chi connectivity index (χ2v) is 6.23. The molecule has 0 aromatic carbocycles. The molecule has 0 saturated carbocycles. The van der Waals surface area contributed by atoms with Crippen LogP contribution in [0, 0.1) is 11.3 Å². The van der Waals surface area contributed by atoms with Gasteiger partial charge in [0.05, 0.1) is 29.0 Å². The van der Waals surface area contributed by atoms with Gasteiger partial charge in [-0.2, -0.15) is 10.4 Å². The zero-order chi connectivity index (χ0) is 16.6. The molecule has 0 radical (unpaired) electrons. The third-order valence-corrected chi connectivity index (χ3v) is 4.94. The molecule has 0 bridgehead atoms. The van der Waals surface area contributed by atoms with Crippen LogP contribution in [-0.2, 0) is 12.5 Å². The van der Waals surface area contributed by atoms with Crippen molar-refractivity contribution in [3.05, 3.63) is 48.5 Å². The highest BCUT2D eigenvalue weighted by atomic mass is 15.3. The number of anilines is 1. The van der Waals surface area contributed by atoms with E-state index < -0.39 is 5.41 Å². The lowest BCUT2D eigenvalue weighted by molar-refractivity contribution is 0.407. The van der Waals surface area contributed by atoms with Crippen LogP contribution in [0.3, 0.4) is 0 Å². The highest BCUT2D eigenvalue weighted by molar-refractivity contribution is 5.89. The van der Waals surface area contributed by atoms with Crippen molar-refractivity contribution >= 4 is 16.7 Å². The lowest BCUT2D eigenvalue weighted by atomic mass is 9.76. The predicted molar refractivity (Wildman–Crippen MR) is 91.5 cm³/mol. The first-order valence-electron chi connectivity index (χ1n) is 8.08. The molecule has 0 amide bonds. The van der Waals surface area contributed by atoms with E-state index in [0.717, 1.165) is 48.3 Å². The van der Waals surface area contributed by atoms with Gasteiger partial charge in [-0.05, 0) is 31.0 Å². The van der Waals surface area contributed by atoms with Crippen molar-refractivity contribution in [1.82, 2.24) is 19.7 Å². The van der Waals surface area contributed by atoms with Gasteiger partial charge in [-0.25, -0.2) is 4.98 Å². The number of hydrogen-bond acceptors (Lipinski definition) is 5. The second kappa shape index (κ2) is 5.60. The van der Waals surface area contributed by atoms with Gasteiger partial charge in [0.1, 0.15) is 5.41 Å². The molecule has 0 N–H and O–H groups in total. The van der Waals surface area contributed by atoms with Gasteiger partial charge >= 0.3 is 0 Å². The summed E-state index contributed by atoms with van der Waals surface area (Å²) >= 11 is 0. The molecule has 3 aromatic rings. The first-order valence-corrected chi connectivity index (χ1v) is 8.08. The quantitative estimate of drug-likeness (QED) is 0.726. The Kier molecular flexibility index (Phi) is 3.42. The van der Waals surface area contributed by atoms with E-state index in [1.54, 1.807) is 10.9 Å². The summed E-state index contributed by atoms with van der Waals surface area (Å²) in [6.07, 6.45) is 6.99. The Morgan fingerprint density at radius 2 is 1.96 bits per heavy atom. The largest absolute Gasteiger partial charge is 0.371 e. The van der Waals surface area contributed by atoms with Crippen molar-refractivity contribution in [2.45, 2.75) is 18.3 Å². The van der Waals surface area contributed by atoms with Crippen LogP contribution in [0.1, 0.15) is 18.5 Å². The van der Waals surface area contributed by atoms with Crippen LogP contribution >= 0.6 is 0 Å².